The number of hydrogen-bond acceptors (Lipinski definition) is 2. The minimum absolute atomic E-state index is 0.803. The molecule has 2 aliphatic carbocycles. The topological polar surface area (TPSA) is 12.9 Å². The van der Waals surface area contributed by atoms with Crippen molar-refractivity contribution < 1.29 is 0 Å². The Kier molecular flexibility index (Phi) is 2.00. The van der Waals surface area contributed by atoms with Crippen LogP contribution < -0.4 is 0 Å². The van der Waals surface area contributed by atoms with Gasteiger partial charge in [0.15, 0.2) is 0 Å². The zero-order chi connectivity index (χ0) is 11.2. The minimum Gasteiger partial charge on any atom is -0.255 e. The molecule has 0 spiro atoms. The van der Waals surface area contributed by atoms with Gasteiger partial charge in [0.1, 0.15) is 0 Å². The van der Waals surface area contributed by atoms with Gasteiger partial charge in [0.05, 0.1) is 10.6 Å². The van der Waals surface area contributed by atoms with E-state index >= 15 is 0 Å². The Hall–Kier alpha value is -1.41. The number of fused-ring (bicyclic) bond motifs is 3. The summed E-state index contributed by atoms with van der Waals surface area (Å²) in [6, 6.07) is 8.51. The quantitative estimate of drug-likeness (QED) is 0.685. The lowest BCUT2D eigenvalue weighted by molar-refractivity contribution is 1.02. The van der Waals surface area contributed by atoms with Crippen LogP contribution >= 0.6 is 11.3 Å². The predicted molar refractivity (Wildman–Crippen MR) is 71.2 cm³/mol. The lowest BCUT2D eigenvalue weighted by atomic mass is 10.1. The van der Waals surface area contributed by atoms with Crippen molar-refractivity contribution in [2.75, 3.05) is 0 Å². The highest BCUT2D eigenvalue weighted by atomic mass is 32.1. The summed E-state index contributed by atoms with van der Waals surface area (Å²) in [4.78, 5) is 7.33. The molecule has 0 aromatic carbocycles. The SMILES string of the molecule is C1=CC2CC2c2cc(-c3ccccn3)sc2C1. The highest BCUT2D eigenvalue weighted by Crippen LogP contribution is 2.53. The van der Waals surface area contributed by atoms with Crippen molar-refractivity contribution in [3.8, 4) is 10.6 Å². The average Bonchev–Trinajstić information content (AvgIpc) is 3.04. The zero-order valence-electron chi connectivity index (χ0n) is 9.47. The van der Waals surface area contributed by atoms with Crippen LogP contribution in [0.5, 0.6) is 0 Å². The molecule has 2 unspecified atom stereocenters. The van der Waals surface area contributed by atoms with Crippen LogP contribution in [0.4, 0.5) is 0 Å². The van der Waals surface area contributed by atoms with Crippen LogP contribution in [0.1, 0.15) is 22.8 Å². The maximum absolute atomic E-state index is 4.45. The summed E-state index contributed by atoms with van der Waals surface area (Å²) in [7, 11) is 0. The number of allylic oxidation sites excluding steroid dienone is 2. The van der Waals surface area contributed by atoms with Crippen molar-refractivity contribution in [2.24, 2.45) is 5.92 Å². The van der Waals surface area contributed by atoms with Crippen LogP contribution in [0.25, 0.3) is 10.6 Å². The molecule has 2 aliphatic rings. The van der Waals surface area contributed by atoms with Crippen molar-refractivity contribution in [2.45, 2.75) is 18.8 Å². The van der Waals surface area contributed by atoms with E-state index in [1.807, 2.05) is 23.6 Å². The van der Waals surface area contributed by atoms with E-state index in [-0.39, 0.29) is 0 Å². The molecule has 1 saturated carbocycles. The fraction of sp³-hybridized carbons (Fsp3) is 0.267. The monoisotopic (exact) mass is 239 g/mol. The summed E-state index contributed by atoms with van der Waals surface area (Å²) >= 11 is 1.92. The first-order valence-corrected chi connectivity index (χ1v) is 6.94. The molecule has 1 fully saturated rings. The van der Waals surface area contributed by atoms with E-state index in [0.717, 1.165) is 24.0 Å². The molecular weight excluding hydrogens is 226 g/mol. The minimum atomic E-state index is 0.803. The maximum atomic E-state index is 4.45. The number of aromatic nitrogens is 1. The Morgan fingerprint density at radius 1 is 1.29 bits per heavy atom. The Morgan fingerprint density at radius 2 is 2.29 bits per heavy atom. The highest BCUT2D eigenvalue weighted by Gasteiger charge is 2.39. The molecule has 2 heteroatoms. The summed E-state index contributed by atoms with van der Waals surface area (Å²) in [5, 5.41) is 0. The second kappa shape index (κ2) is 3.54. The molecular formula is C15H13NS. The molecule has 1 nitrogen and oxygen atoms in total. The number of thiophene rings is 1. The smallest absolute Gasteiger partial charge is 0.0801 e. The van der Waals surface area contributed by atoms with Gasteiger partial charge >= 0.3 is 0 Å². The zero-order valence-corrected chi connectivity index (χ0v) is 10.3. The maximum Gasteiger partial charge on any atom is 0.0801 e. The van der Waals surface area contributed by atoms with E-state index < -0.39 is 0 Å². The standard InChI is InChI=1S/C15H13NS/c1-2-7-16-13(5-1)15-9-12-11-8-10(11)4-3-6-14(12)17-15/h1-5,7,9-11H,6,8H2. The third-order valence-electron chi connectivity index (χ3n) is 3.68. The van der Waals surface area contributed by atoms with Gasteiger partial charge in [-0.3, -0.25) is 4.98 Å². The molecule has 17 heavy (non-hydrogen) atoms. The molecule has 2 atom stereocenters. The molecule has 0 aliphatic heterocycles. The van der Waals surface area contributed by atoms with E-state index in [9.17, 15) is 0 Å². The molecule has 0 amide bonds. The molecule has 0 bridgehead atoms. The van der Waals surface area contributed by atoms with Gasteiger partial charge < -0.3 is 0 Å². The van der Waals surface area contributed by atoms with Gasteiger partial charge in [-0.05, 0) is 42.0 Å². The lowest BCUT2D eigenvalue weighted by Gasteiger charge is -1.94. The van der Waals surface area contributed by atoms with Crippen LogP contribution in [-0.4, -0.2) is 4.98 Å². The molecule has 0 radical (unpaired) electrons. The first-order valence-electron chi connectivity index (χ1n) is 6.12. The van der Waals surface area contributed by atoms with Gasteiger partial charge in [-0.2, -0.15) is 0 Å². The van der Waals surface area contributed by atoms with Gasteiger partial charge in [-0.25, -0.2) is 0 Å². The summed E-state index contributed by atoms with van der Waals surface area (Å²) in [6.07, 6.45) is 9.08. The molecule has 2 aromatic heterocycles. The van der Waals surface area contributed by atoms with Crippen LogP contribution in [0.15, 0.2) is 42.6 Å². The van der Waals surface area contributed by atoms with E-state index in [0.29, 0.717) is 0 Å². The molecule has 0 N–H and O–H groups in total. The Balaban J connectivity index is 1.80. The fourth-order valence-electron chi connectivity index (χ4n) is 2.69. The van der Waals surface area contributed by atoms with Crippen LogP contribution in [-0.2, 0) is 6.42 Å². The van der Waals surface area contributed by atoms with Crippen molar-refractivity contribution >= 4 is 11.3 Å². The largest absolute Gasteiger partial charge is 0.255 e. The van der Waals surface area contributed by atoms with Gasteiger partial charge in [-0.15, -0.1) is 11.3 Å². The first-order chi connectivity index (χ1) is 8.42. The summed E-state index contributed by atoms with van der Waals surface area (Å²) in [5.41, 5.74) is 2.71. The number of nitrogens with zero attached hydrogens (tertiary/aromatic N) is 1. The van der Waals surface area contributed by atoms with Crippen LogP contribution in [0, 0.1) is 5.92 Å². The van der Waals surface area contributed by atoms with Crippen molar-refractivity contribution in [3.63, 3.8) is 0 Å². The highest BCUT2D eigenvalue weighted by molar-refractivity contribution is 7.15. The van der Waals surface area contributed by atoms with Gasteiger partial charge in [0.2, 0.25) is 0 Å². The second-order valence-corrected chi connectivity index (χ2v) is 5.98. The lowest BCUT2D eigenvalue weighted by Crippen LogP contribution is -1.81. The van der Waals surface area contributed by atoms with E-state index in [1.165, 1.54) is 11.3 Å². The van der Waals surface area contributed by atoms with Crippen molar-refractivity contribution in [1.29, 1.82) is 0 Å². The van der Waals surface area contributed by atoms with E-state index in [2.05, 4.69) is 35.3 Å². The Bertz CT molecular complexity index is 582. The number of rotatable bonds is 1. The average molecular weight is 239 g/mol. The van der Waals surface area contributed by atoms with Crippen molar-refractivity contribution in [3.05, 3.63) is 53.1 Å². The second-order valence-electron chi connectivity index (χ2n) is 4.84. The number of hydrogen-bond donors (Lipinski definition) is 0. The van der Waals surface area contributed by atoms with Crippen LogP contribution in [0.2, 0.25) is 0 Å². The summed E-state index contributed by atoms with van der Waals surface area (Å²) in [5.74, 6) is 1.62. The Labute approximate surface area is 105 Å². The third kappa shape index (κ3) is 1.55. The summed E-state index contributed by atoms with van der Waals surface area (Å²) < 4.78 is 0. The molecule has 4 rings (SSSR count). The van der Waals surface area contributed by atoms with E-state index in [4.69, 9.17) is 0 Å². The molecule has 2 heterocycles. The fourth-order valence-corrected chi connectivity index (χ4v) is 3.87. The van der Waals surface area contributed by atoms with Crippen molar-refractivity contribution in [1.82, 2.24) is 4.98 Å². The van der Waals surface area contributed by atoms with Gasteiger partial charge in [0.25, 0.3) is 0 Å². The summed E-state index contributed by atoms with van der Waals surface area (Å²) in [6.45, 7) is 0. The predicted octanol–water partition coefficient (Wildman–Crippen LogP) is 4.03. The normalized spacial score (nSPS) is 24.9. The van der Waals surface area contributed by atoms with E-state index in [1.54, 1.807) is 10.4 Å². The third-order valence-corrected chi connectivity index (χ3v) is 4.88. The molecule has 2 aromatic rings. The number of pyridine rings is 1. The Morgan fingerprint density at radius 3 is 3.18 bits per heavy atom. The van der Waals surface area contributed by atoms with Gasteiger partial charge in [0, 0.05) is 17.5 Å². The van der Waals surface area contributed by atoms with Crippen LogP contribution in [0.3, 0.4) is 0 Å². The van der Waals surface area contributed by atoms with Gasteiger partial charge in [-0.1, -0.05) is 18.2 Å². The molecule has 0 saturated heterocycles. The molecule has 84 valence electrons. The first kappa shape index (κ1) is 9.60.